The topological polar surface area (TPSA) is 21.3 Å². The third kappa shape index (κ3) is 3.79. The molecule has 0 amide bonds. The second-order valence-corrected chi connectivity index (χ2v) is 5.05. The van der Waals surface area contributed by atoms with Gasteiger partial charge in [0, 0.05) is 23.7 Å². The van der Waals surface area contributed by atoms with Gasteiger partial charge in [-0.15, -0.1) is 0 Å². The monoisotopic (exact) mass is 291 g/mol. The van der Waals surface area contributed by atoms with Gasteiger partial charge in [0.25, 0.3) is 0 Å². The van der Waals surface area contributed by atoms with E-state index in [1.807, 2.05) is 38.1 Å². The SMILES string of the molecule is COc1ccc([C@H](C)NC(C)c2ccc(F)cc2F)cc1. The first-order chi connectivity index (χ1) is 10.0. The predicted molar refractivity (Wildman–Crippen MR) is 79.3 cm³/mol. The van der Waals surface area contributed by atoms with E-state index in [2.05, 4.69) is 5.32 Å². The summed E-state index contributed by atoms with van der Waals surface area (Å²) in [4.78, 5) is 0. The van der Waals surface area contributed by atoms with Crippen molar-refractivity contribution in [3.63, 3.8) is 0 Å². The normalized spacial score (nSPS) is 13.8. The second-order valence-electron chi connectivity index (χ2n) is 5.05. The second kappa shape index (κ2) is 6.68. The van der Waals surface area contributed by atoms with Gasteiger partial charge < -0.3 is 10.1 Å². The van der Waals surface area contributed by atoms with Crippen molar-refractivity contribution in [2.24, 2.45) is 0 Å². The standard InChI is InChI=1S/C17H19F2NO/c1-11(13-4-7-15(21-3)8-5-13)20-12(2)16-9-6-14(18)10-17(16)19/h4-12,20H,1-3H3/t11-,12?/m0/s1. The molecule has 0 heterocycles. The molecule has 2 aromatic rings. The van der Waals surface area contributed by atoms with Crippen molar-refractivity contribution in [1.29, 1.82) is 0 Å². The first kappa shape index (κ1) is 15.4. The Bertz CT molecular complexity index is 598. The molecule has 0 aliphatic rings. The van der Waals surface area contributed by atoms with Gasteiger partial charge in [0.2, 0.25) is 0 Å². The molecule has 112 valence electrons. The van der Waals surface area contributed by atoms with E-state index in [0.29, 0.717) is 5.56 Å². The summed E-state index contributed by atoms with van der Waals surface area (Å²) in [7, 11) is 1.62. The minimum absolute atomic E-state index is 0.0374. The molecule has 2 aromatic carbocycles. The lowest BCUT2D eigenvalue weighted by Gasteiger charge is -2.21. The summed E-state index contributed by atoms with van der Waals surface area (Å²) in [5.41, 5.74) is 1.53. The van der Waals surface area contributed by atoms with Gasteiger partial charge in [-0.2, -0.15) is 0 Å². The first-order valence-electron chi connectivity index (χ1n) is 6.86. The van der Waals surface area contributed by atoms with E-state index in [1.165, 1.54) is 12.1 Å². The number of hydrogen-bond donors (Lipinski definition) is 1. The molecule has 2 nitrogen and oxygen atoms in total. The highest BCUT2D eigenvalue weighted by atomic mass is 19.1. The number of halogens is 2. The molecule has 21 heavy (non-hydrogen) atoms. The summed E-state index contributed by atoms with van der Waals surface area (Å²) >= 11 is 0. The number of ether oxygens (including phenoxy) is 1. The van der Waals surface area contributed by atoms with Gasteiger partial charge in [-0.3, -0.25) is 0 Å². The zero-order chi connectivity index (χ0) is 15.4. The van der Waals surface area contributed by atoms with Crippen molar-refractivity contribution in [3.8, 4) is 5.75 Å². The zero-order valence-corrected chi connectivity index (χ0v) is 12.4. The summed E-state index contributed by atoms with van der Waals surface area (Å²) < 4.78 is 31.8. The van der Waals surface area contributed by atoms with Crippen LogP contribution in [-0.4, -0.2) is 7.11 Å². The fourth-order valence-electron chi connectivity index (χ4n) is 2.31. The van der Waals surface area contributed by atoms with E-state index in [-0.39, 0.29) is 12.1 Å². The Kier molecular flexibility index (Phi) is 4.91. The third-order valence-corrected chi connectivity index (χ3v) is 3.54. The van der Waals surface area contributed by atoms with E-state index in [4.69, 9.17) is 4.74 Å². The van der Waals surface area contributed by atoms with E-state index in [9.17, 15) is 8.78 Å². The molecular weight excluding hydrogens is 272 g/mol. The molecule has 1 N–H and O–H groups in total. The average molecular weight is 291 g/mol. The van der Waals surface area contributed by atoms with Gasteiger partial charge in [0.1, 0.15) is 17.4 Å². The smallest absolute Gasteiger partial charge is 0.130 e. The Labute approximate surface area is 123 Å². The molecule has 4 heteroatoms. The zero-order valence-electron chi connectivity index (χ0n) is 12.4. The number of rotatable bonds is 5. The summed E-state index contributed by atoms with van der Waals surface area (Å²) in [5.74, 6) is -0.299. The highest BCUT2D eigenvalue weighted by Crippen LogP contribution is 2.23. The van der Waals surface area contributed by atoms with Crippen LogP contribution in [0.1, 0.15) is 37.1 Å². The molecule has 0 spiro atoms. The molecule has 1 unspecified atom stereocenters. The third-order valence-electron chi connectivity index (χ3n) is 3.54. The minimum Gasteiger partial charge on any atom is -0.497 e. The Hall–Kier alpha value is -1.94. The van der Waals surface area contributed by atoms with Crippen LogP contribution < -0.4 is 10.1 Å². The van der Waals surface area contributed by atoms with Crippen molar-refractivity contribution in [2.75, 3.05) is 7.11 Å². The molecule has 0 saturated heterocycles. The van der Waals surface area contributed by atoms with Crippen LogP contribution in [0.25, 0.3) is 0 Å². The highest BCUT2D eigenvalue weighted by molar-refractivity contribution is 5.29. The molecule has 0 aliphatic heterocycles. The van der Waals surface area contributed by atoms with Crippen LogP contribution in [-0.2, 0) is 0 Å². The van der Waals surface area contributed by atoms with E-state index in [0.717, 1.165) is 17.4 Å². The van der Waals surface area contributed by atoms with Crippen molar-refractivity contribution >= 4 is 0 Å². The Morgan fingerprint density at radius 2 is 1.62 bits per heavy atom. The van der Waals surface area contributed by atoms with Gasteiger partial charge >= 0.3 is 0 Å². The maximum Gasteiger partial charge on any atom is 0.130 e. The lowest BCUT2D eigenvalue weighted by molar-refractivity contribution is 0.414. The maximum atomic E-state index is 13.8. The van der Waals surface area contributed by atoms with Crippen LogP contribution in [0.3, 0.4) is 0 Å². The van der Waals surface area contributed by atoms with Gasteiger partial charge in [0.05, 0.1) is 7.11 Å². The Morgan fingerprint density at radius 3 is 2.19 bits per heavy atom. The lowest BCUT2D eigenvalue weighted by atomic mass is 10.0. The molecule has 0 fully saturated rings. The predicted octanol–water partition coefficient (Wildman–Crippen LogP) is 4.39. The Morgan fingerprint density at radius 1 is 0.952 bits per heavy atom. The van der Waals surface area contributed by atoms with Crippen LogP contribution >= 0.6 is 0 Å². The first-order valence-corrected chi connectivity index (χ1v) is 6.86. The number of methoxy groups -OCH3 is 1. The molecule has 0 saturated carbocycles. The van der Waals surface area contributed by atoms with Crippen molar-refractivity contribution < 1.29 is 13.5 Å². The van der Waals surface area contributed by atoms with Crippen LogP contribution in [0.2, 0.25) is 0 Å². The summed E-state index contributed by atoms with van der Waals surface area (Å²) in [6.45, 7) is 3.86. The minimum atomic E-state index is -0.563. The number of benzene rings is 2. The molecule has 2 atom stereocenters. The lowest BCUT2D eigenvalue weighted by Crippen LogP contribution is -2.23. The van der Waals surface area contributed by atoms with Crippen LogP contribution in [0.5, 0.6) is 5.75 Å². The van der Waals surface area contributed by atoms with E-state index in [1.54, 1.807) is 7.11 Å². The largest absolute Gasteiger partial charge is 0.497 e. The fraction of sp³-hybridized carbons (Fsp3) is 0.294. The van der Waals surface area contributed by atoms with Crippen molar-refractivity contribution in [2.45, 2.75) is 25.9 Å². The van der Waals surface area contributed by atoms with Gasteiger partial charge in [-0.25, -0.2) is 8.78 Å². The van der Waals surface area contributed by atoms with Crippen LogP contribution in [0.4, 0.5) is 8.78 Å². The summed E-state index contributed by atoms with van der Waals surface area (Å²) in [6.07, 6.45) is 0. The molecule has 0 bridgehead atoms. The van der Waals surface area contributed by atoms with Gasteiger partial charge in [-0.05, 0) is 37.6 Å². The van der Waals surface area contributed by atoms with Gasteiger partial charge in [0.15, 0.2) is 0 Å². The highest BCUT2D eigenvalue weighted by Gasteiger charge is 2.15. The molecular formula is C17H19F2NO. The van der Waals surface area contributed by atoms with E-state index < -0.39 is 11.6 Å². The molecule has 0 aliphatic carbocycles. The summed E-state index contributed by atoms with van der Waals surface area (Å²) in [5, 5.41) is 3.31. The summed E-state index contributed by atoms with van der Waals surface area (Å²) in [6, 6.07) is 11.2. The fourth-order valence-corrected chi connectivity index (χ4v) is 2.31. The van der Waals surface area contributed by atoms with Crippen LogP contribution in [0, 0.1) is 11.6 Å². The average Bonchev–Trinajstić information content (AvgIpc) is 2.47. The maximum absolute atomic E-state index is 13.8. The van der Waals surface area contributed by atoms with E-state index >= 15 is 0 Å². The molecule has 0 radical (unpaired) electrons. The molecule has 2 rings (SSSR count). The Balaban J connectivity index is 2.08. The van der Waals surface area contributed by atoms with Crippen LogP contribution in [0.15, 0.2) is 42.5 Å². The quantitative estimate of drug-likeness (QED) is 0.882. The number of hydrogen-bond acceptors (Lipinski definition) is 2. The molecule has 0 aromatic heterocycles. The number of nitrogens with one attached hydrogen (secondary N) is 1. The van der Waals surface area contributed by atoms with Gasteiger partial charge in [-0.1, -0.05) is 18.2 Å². The van der Waals surface area contributed by atoms with Crippen molar-refractivity contribution in [3.05, 3.63) is 65.2 Å². The van der Waals surface area contributed by atoms with Crippen molar-refractivity contribution in [1.82, 2.24) is 5.32 Å².